The van der Waals surface area contributed by atoms with Crippen molar-refractivity contribution in [2.24, 2.45) is 0 Å². The largest absolute Gasteiger partial charge is 0.325 e. The van der Waals surface area contributed by atoms with Gasteiger partial charge in [-0.25, -0.2) is 13.4 Å². The lowest BCUT2D eigenvalue weighted by Crippen LogP contribution is -2.55. The Morgan fingerprint density at radius 2 is 2.08 bits per heavy atom. The molecule has 1 aliphatic heterocycles. The Balaban J connectivity index is 1.87. The van der Waals surface area contributed by atoms with Gasteiger partial charge in [-0.2, -0.15) is 0 Å². The highest BCUT2D eigenvalue weighted by molar-refractivity contribution is 7.92. The molecule has 1 aromatic heterocycles. The number of aromatic nitrogens is 2. The van der Waals surface area contributed by atoms with Crippen molar-refractivity contribution in [2.45, 2.75) is 17.6 Å². The predicted octanol–water partition coefficient (Wildman–Crippen LogP) is 0.978. The number of hydrogen-bond acceptors (Lipinski definition) is 5. The summed E-state index contributed by atoms with van der Waals surface area (Å²) in [5.74, 6) is -0.464. The molecule has 24 heavy (non-hydrogen) atoms. The van der Waals surface area contributed by atoms with E-state index >= 15 is 0 Å². The monoisotopic (exact) mass is 348 g/mol. The van der Waals surface area contributed by atoms with Crippen molar-refractivity contribution in [2.75, 3.05) is 24.7 Å². The molecule has 3 rings (SSSR count). The average Bonchev–Trinajstić information content (AvgIpc) is 3.09. The standard InChI is InChI=1S/C16H20N4O3S/c1-24(22,23)16(5-7-17-8-6-16)15(21)19-13-3-2-4-14(11-13)20-10-9-18-12-20/h2-4,9-12,17H,5-8H2,1H3,(H,19,21). The van der Waals surface area contributed by atoms with Gasteiger partial charge in [0.1, 0.15) is 0 Å². The van der Waals surface area contributed by atoms with Crippen LogP contribution in [0.4, 0.5) is 5.69 Å². The highest BCUT2D eigenvalue weighted by Gasteiger charge is 2.48. The molecule has 0 radical (unpaired) electrons. The second kappa shape index (κ2) is 6.37. The SMILES string of the molecule is CS(=O)(=O)C1(C(=O)Nc2cccc(-n3ccnc3)c2)CCNCC1. The summed E-state index contributed by atoms with van der Waals surface area (Å²) in [4.78, 5) is 16.8. The van der Waals surface area contributed by atoms with Crippen LogP contribution in [0.25, 0.3) is 5.69 Å². The average molecular weight is 348 g/mol. The Morgan fingerprint density at radius 1 is 1.33 bits per heavy atom. The number of imidazole rings is 1. The number of nitrogens with zero attached hydrogens (tertiary/aromatic N) is 2. The molecule has 0 atom stereocenters. The van der Waals surface area contributed by atoms with Crippen molar-refractivity contribution in [3.63, 3.8) is 0 Å². The minimum Gasteiger partial charge on any atom is -0.325 e. The van der Waals surface area contributed by atoms with E-state index in [9.17, 15) is 13.2 Å². The second-order valence-corrected chi connectivity index (χ2v) is 8.32. The molecule has 2 aromatic rings. The van der Waals surface area contributed by atoms with Gasteiger partial charge in [0.05, 0.1) is 6.33 Å². The molecule has 0 unspecified atom stereocenters. The van der Waals surface area contributed by atoms with Gasteiger partial charge in [0, 0.05) is 30.0 Å². The summed E-state index contributed by atoms with van der Waals surface area (Å²) in [6.07, 6.45) is 6.81. The molecule has 2 N–H and O–H groups in total. The van der Waals surface area contributed by atoms with Gasteiger partial charge in [-0.1, -0.05) is 6.07 Å². The third-order valence-corrected chi connectivity index (χ3v) is 6.45. The summed E-state index contributed by atoms with van der Waals surface area (Å²) in [6, 6.07) is 7.22. The molecule has 0 aliphatic carbocycles. The minimum atomic E-state index is -3.53. The Bertz CT molecular complexity index is 825. The first-order chi connectivity index (χ1) is 11.4. The number of amides is 1. The molecule has 0 bridgehead atoms. The molecule has 8 heteroatoms. The Hall–Kier alpha value is -2.19. The zero-order chi connectivity index (χ0) is 17.2. The Labute approximate surface area is 141 Å². The molecule has 1 saturated heterocycles. The van der Waals surface area contributed by atoms with Crippen molar-refractivity contribution in [3.05, 3.63) is 43.0 Å². The lowest BCUT2D eigenvalue weighted by Gasteiger charge is -2.34. The van der Waals surface area contributed by atoms with Gasteiger partial charge in [0.25, 0.3) is 0 Å². The predicted molar refractivity (Wildman–Crippen MR) is 91.9 cm³/mol. The summed E-state index contributed by atoms with van der Waals surface area (Å²) in [7, 11) is -3.53. The molecule has 7 nitrogen and oxygen atoms in total. The van der Waals surface area contributed by atoms with Crippen LogP contribution in [0.5, 0.6) is 0 Å². The van der Waals surface area contributed by atoms with Crippen molar-refractivity contribution in [1.29, 1.82) is 0 Å². The summed E-state index contributed by atoms with van der Waals surface area (Å²) >= 11 is 0. The fraction of sp³-hybridized carbons (Fsp3) is 0.375. The number of carbonyl (C=O) groups excluding carboxylic acids is 1. The summed E-state index contributed by atoms with van der Waals surface area (Å²) in [6.45, 7) is 1.02. The van der Waals surface area contributed by atoms with Gasteiger partial charge >= 0.3 is 0 Å². The first kappa shape index (κ1) is 16.7. The molecular formula is C16H20N4O3S. The smallest absolute Gasteiger partial charge is 0.245 e. The van der Waals surface area contributed by atoms with Gasteiger partial charge in [-0.3, -0.25) is 4.79 Å². The molecule has 0 saturated carbocycles. The van der Waals surface area contributed by atoms with E-state index in [0.717, 1.165) is 11.9 Å². The van der Waals surface area contributed by atoms with E-state index in [1.807, 2.05) is 10.6 Å². The number of rotatable bonds is 4. The van der Waals surface area contributed by atoms with E-state index in [1.54, 1.807) is 36.9 Å². The third kappa shape index (κ3) is 3.07. The van der Waals surface area contributed by atoms with Crippen molar-refractivity contribution < 1.29 is 13.2 Å². The van der Waals surface area contributed by atoms with Crippen LogP contribution in [-0.4, -0.2) is 48.0 Å². The van der Waals surface area contributed by atoms with E-state index in [2.05, 4.69) is 15.6 Å². The van der Waals surface area contributed by atoms with E-state index in [-0.39, 0.29) is 12.8 Å². The number of anilines is 1. The van der Waals surface area contributed by atoms with Gasteiger partial charge in [0.15, 0.2) is 14.6 Å². The number of piperidine rings is 1. The summed E-state index contributed by atoms with van der Waals surface area (Å²) in [5.41, 5.74) is 1.40. The maximum absolute atomic E-state index is 12.8. The summed E-state index contributed by atoms with van der Waals surface area (Å²) < 4.78 is 25.0. The zero-order valence-electron chi connectivity index (χ0n) is 13.4. The maximum Gasteiger partial charge on any atom is 0.245 e. The normalized spacial score (nSPS) is 17.4. The topological polar surface area (TPSA) is 93.1 Å². The van der Waals surface area contributed by atoms with Crippen molar-refractivity contribution >= 4 is 21.4 Å². The molecule has 2 heterocycles. The van der Waals surface area contributed by atoms with E-state index in [0.29, 0.717) is 18.8 Å². The Kier molecular flexibility index (Phi) is 4.42. The second-order valence-electron chi connectivity index (χ2n) is 5.99. The molecule has 1 aromatic carbocycles. The van der Waals surface area contributed by atoms with E-state index in [1.165, 1.54) is 0 Å². The van der Waals surface area contributed by atoms with Crippen LogP contribution in [0.2, 0.25) is 0 Å². The van der Waals surface area contributed by atoms with Crippen LogP contribution in [0.3, 0.4) is 0 Å². The molecular weight excluding hydrogens is 328 g/mol. The quantitative estimate of drug-likeness (QED) is 0.859. The Morgan fingerprint density at radius 3 is 2.71 bits per heavy atom. The van der Waals surface area contributed by atoms with E-state index in [4.69, 9.17) is 0 Å². The van der Waals surface area contributed by atoms with Gasteiger partial charge in [0.2, 0.25) is 5.91 Å². The van der Waals surface area contributed by atoms with Crippen LogP contribution < -0.4 is 10.6 Å². The van der Waals surface area contributed by atoms with Gasteiger partial charge in [-0.05, 0) is 44.1 Å². The molecule has 1 fully saturated rings. The lowest BCUT2D eigenvalue weighted by molar-refractivity contribution is -0.119. The first-order valence-electron chi connectivity index (χ1n) is 7.73. The van der Waals surface area contributed by atoms with Crippen molar-refractivity contribution in [3.8, 4) is 5.69 Å². The van der Waals surface area contributed by atoms with Gasteiger partial charge < -0.3 is 15.2 Å². The maximum atomic E-state index is 12.8. The lowest BCUT2D eigenvalue weighted by atomic mass is 9.95. The van der Waals surface area contributed by atoms with Crippen LogP contribution in [0.15, 0.2) is 43.0 Å². The molecule has 1 aliphatic rings. The highest BCUT2D eigenvalue weighted by atomic mass is 32.2. The molecule has 0 spiro atoms. The number of nitrogens with one attached hydrogen (secondary N) is 2. The molecule has 1 amide bonds. The van der Waals surface area contributed by atoms with Crippen LogP contribution >= 0.6 is 0 Å². The van der Waals surface area contributed by atoms with Crippen LogP contribution in [0, 0.1) is 0 Å². The zero-order valence-corrected chi connectivity index (χ0v) is 14.2. The van der Waals surface area contributed by atoms with Crippen LogP contribution in [0.1, 0.15) is 12.8 Å². The fourth-order valence-corrected chi connectivity index (χ4v) is 4.33. The third-order valence-electron chi connectivity index (χ3n) is 4.44. The fourth-order valence-electron chi connectivity index (χ4n) is 3.00. The van der Waals surface area contributed by atoms with Gasteiger partial charge in [-0.15, -0.1) is 0 Å². The van der Waals surface area contributed by atoms with Crippen LogP contribution in [-0.2, 0) is 14.6 Å². The highest BCUT2D eigenvalue weighted by Crippen LogP contribution is 2.29. The minimum absolute atomic E-state index is 0.277. The number of benzene rings is 1. The number of sulfone groups is 1. The van der Waals surface area contributed by atoms with Crippen molar-refractivity contribution in [1.82, 2.24) is 14.9 Å². The molecule has 128 valence electrons. The van der Waals surface area contributed by atoms with E-state index < -0.39 is 20.5 Å². The number of carbonyl (C=O) groups is 1. The number of hydrogen-bond donors (Lipinski definition) is 2. The first-order valence-corrected chi connectivity index (χ1v) is 9.62. The summed E-state index contributed by atoms with van der Waals surface area (Å²) in [5, 5.41) is 5.88.